The Morgan fingerprint density at radius 3 is 1.29 bits per heavy atom. The summed E-state index contributed by atoms with van der Waals surface area (Å²) in [4.78, 5) is 23.9. The van der Waals surface area contributed by atoms with Crippen LogP contribution in [0.1, 0.15) is 24.0 Å². The molecule has 2 N–H and O–H groups in total. The van der Waals surface area contributed by atoms with Gasteiger partial charge in [-0.15, -0.1) is 0 Å². The smallest absolute Gasteiger partial charge is 0.421 e. The van der Waals surface area contributed by atoms with E-state index in [0.717, 1.165) is 11.1 Å². The van der Waals surface area contributed by atoms with Gasteiger partial charge in [0.1, 0.15) is 12.2 Å². The lowest BCUT2D eigenvalue weighted by Crippen LogP contribution is -2.36. The molecular formula is C22H24N2O8S2. The van der Waals surface area contributed by atoms with Crippen LogP contribution in [-0.4, -0.2) is 41.2 Å². The number of aryl methyl sites for hydroxylation is 2. The van der Waals surface area contributed by atoms with Crippen LogP contribution in [0.5, 0.6) is 0 Å². The lowest BCUT2D eigenvalue weighted by Gasteiger charge is -2.23. The molecule has 0 bridgehead atoms. The SMILES string of the molecule is Cc1ccc(S(=O)(=O)NC(=O)OC2C=CC(OC(=O)NS(=O)(=O)c3ccc(C)cc3)CC2)cc1. The van der Waals surface area contributed by atoms with Gasteiger partial charge < -0.3 is 9.47 Å². The minimum absolute atomic E-state index is 0.0747. The molecule has 3 rings (SSSR count). The average Bonchev–Trinajstić information content (AvgIpc) is 2.75. The fraction of sp³-hybridized carbons (Fsp3) is 0.273. The molecule has 34 heavy (non-hydrogen) atoms. The van der Waals surface area contributed by atoms with Crippen molar-refractivity contribution in [2.75, 3.05) is 0 Å². The molecule has 2 unspecified atom stereocenters. The third kappa shape index (κ3) is 6.81. The van der Waals surface area contributed by atoms with Crippen LogP contribution in [-0.2, 0) is 29.5 Å². The molecule has 182 valence electrons. The summed E-state index contributed by atoms with van der Waals surface area (Å²) < 4.78 is 62.9. The largest absolute Gasteiger partial charge is 0.441 e. The third-order valence-corrected chi connectivity index (χ3v) is 7.55. The first-order valence-corrected chi connectivity index (χ1v) is 13.2. The van der Waals surface area contributed by atoms with Gasteiger partial charge in [-0.2, -0.15) is 0 Å². The van der Waals surface area contributed by atoms with Crippen molar-refractivity contribution in [2.45, 2.75) is 48.7 Å². The van der Waals surface area contributed by atoms with Crippen LogP contribution in [0.25, 0.3) is 0 Å². The van der Waals surface area contributed by atoms with E-state index in [0.29, 0.717) is 0 Å². The maximum atomic E-state index is 12.3. The molecule has 0 aliphatic heterocycles. The highest BCUT2D eigenvalue weighted by atomic mass is 32.2. The third-order valence-electron chi connectivity index (χ3n) is 4.89. The maximum Gasteiger partial charge on any atom is 0.421 e. The van der Waals surface area contributed by atoms with Gasteiger partial charge in [-0.1, -0.05) is 35.4 Å². The van der Waals surface area contributed by atoms with Crippen molar-refractivity contribution in [2.24, 2.45) is 0 Å². The molecule has 0 aromatic heterocycles. The van der Waals surface area contributed by atoms with Gasteiger partial charge in [0.15, 0.2) is 0 Å². The first-order chi connectivity index (χ1) is 15.9. The van der Waals surface area contributed by atoms with Gasteiger partial charge in [-0.25, -0.2) is 35.9 Å². The van der Waals surface area contributed by atoms with Crippen molar-refractivity contribution in [1.82, 2.24) is 9.44 Å². The number of hydrogen-bond donors (Lipinski definition) is 2. The van der Waals surface area contributed by atoms with E-state index >= 15 is 0 Å². The molecule has 2 aromatic carbocycles. The highest BCUT2D eigenvalue weighted by Crippen LogP contribution is 2.19. The molecule has 0 fully saturated rings. The zero-order valence-electron chi connectivity index (χ0n) is 18.4. The first-order valence-electron chi connectivity index (χ1n) is 10.2. The second-order valence-electron chi connectivity index (χ2n) is 7.69. The van der Waals surface area contributed by atoms with Crippen molar-refractivity contribution >= 4 is 32.2 Å². The molecule has 0 saturated heterocycles. The molecule has 0 spiro atoms. The number of rotatable bonds is 6. The predicted octanol–water partition coefficient (Wildman–Crippen LogP) is 2.92. The summed E-state index contributed by atoms with van der Waals surface area (Å²) in [6.45, 7) is 3.61. The second kappa shape index (κ2) is 10.3. The molecule has 10 nitrogen and oxygen atoms in total. The normalized spacial score (nSPS) is 18.1. The molecule has 0 radical (unpaired) electrons. The predicted molar refractivity (Wildman–Crippen MR) is 122 cm³/mol. The van der Waals surface area contributed by atoms with Gasteiger partial charge in [-0.3, -0.25) is 0 Å². The van der Waals surface area contributed by atoms with Crippen molar-refractivity contribution in [3.63, 3.8) is 0 Å². The van der Waals surface area contributed by atoms with Crippen molar-refractivity contribution < 1.29 is 35.9 Å². The van der Waals surface area contributed by atoms with Crippen LogP contribution in [0.15, 0.2) is 70.5 Å². The fourth-order valence-corrected chi connectivity index (χ4v) is 4.82. The molecular weight excluding hydrogens is 484 g/mol. The summed E-state index contributed by atoms with van der Waals surface area (Å²) >= 11 is 0. The number of ether oxygens (including phenoxy) is 2. The van der Waals surface area contributed by atoms with E-state index in [1.54, 1.807) is 38.1 Å². The van der Waals surface area contributed by atoms with Crippen LogP contribution in [0.3, 0.4) is 0 Å². The van der Waals surface area contributed by atoms with Crippen LogP contribution >= 0.6 is 0 Å². The van der Waals surface area contributed by atoms with Gasteiger partial charge in [0.2, 0.25) is 0 Å². The second-order valence-corrected chi connectivity index (χ2v) is 11.1. The van der Waals surface area contributed by atoms with Crippen LogP contribution < -0.4 is 9.44 Å². The summed E-state index contributed by atoms with van der Waals surface area (Å²) in [7, 11) is -8.16. The Bertz CT molecular complexity index is 1180. The van der Waals surface area contributed by atoms with E-state index in [4.69, 9.17) is 9.47 Å². The summed E-state index contributed by atoms with van der Waals surface area (Å²) in [5.74, 6) is 0. The molecule has 1 aliphatic rings. The summed E-state index contributed by atoms with van der Waals surface area (Å²) in [6.07, 6.45) is -0.427. The lowest BCUT2D eigenvalue weighted by molar-refractivity contribution is 0.0859. The number of benzene rings is 2. The first kappa shape index (κ1) is 25.2. The number of amides is 2. The maximum absolute atomic E-state index is 12.3. The Hall–Kier alpha value is -3.38. The molecule has 2 atom stereocenters. The molecule has 2 aromatic rings. The van der Waals surface area contributed by atoms with Gasteiger partial charge in [0, 0.05) is 0 Å². The van der Waals surface area contributed by atoms with Gasteiger partial charge in [0.05, 0.1) is 9.79 Å². The van der Waals surface area contributed by atoms with Gasteiger partial charge in [0.25, 0.3) is 20.0 Å². The molecule has 1 aliphatic carbocycles. The van der Waals surface area contributed by atoms with Crippen molar-refractivity contribution in [3.05, 3.63) is 71.8 Å². The highest BCUT2D eigenvalue weighted by molar-refractivity contribution is 7.90. The van der Waals surface area contributed by atoms with E-state index in [1.165, 1.54) is 36.4 Å². The van der Waals surface area contributed by atoms with Crippen LogP contribution in [0.2, 0.25) is 0 Å². The molecule has 2 amide bonds. The van der Waals surface area contributed by atoms with Crippen molar-refractivity contribution in [3.8, 4) is 0 Å². The van der Waals surface area contributed by atoms with Crippen molar-refractivity contribution in [1.29, 1.82) is 0 Å². The Labute approximate surface area is 198 Å². The summed E-state index contributed by atoms with van der Waals surface area (Å²) in [6, 6.07) is 11.9. The van der Waals surface area contributed by atoms with Gasteiger partial charge in [-0.05, 0) is 63.1 Å². The monoisotopic (exact) mass is 508 g/mol. The van der Waals surface area contributed by atoms with Crippen LogP contribution in [0, 0.1) is 13.8 Å². The molecule has 12 heteroatoms. The standard InChI is InChI=1S/C22H24N2O8S2/c1-15-3-11-19(12-4-15)33(27,28)23-21(25)31-17-7-9-18(10-8-17)32-22(26)24-34(29,30)20-13-5-16(2)6-14-20/h3-7,9,11-14,17-18H,8,10H2,1-2H3,(H,23,25)(H,24,26). The van der Waals surface area contributed by atoms with E-state index in [-0.39, 0.29) is 22.6 Å². The Balaban J connectivity index is 1.50. The minimum Gasteiger partial charge on any atom is -0.441 e. The number of carbonyl (C=O) groups excluding carboxylic acids is 2. The number of nitrogens with one attached hydrogen (secondary N) is 2. The van der Waals surface area contributed by atoms with E-state index in [1.807, 2.05) is 9.44 Å². The Kier molecular flexibility index (Phi) is 7.62. The van der Waals surface area contributed by atoms with Gasteiger partial charge >= 0.3 is 12.2 Å². The molecule has 0 saturated carbocycles. The quantitative estimate of drug-likeness (QED) is 0.567. The van der Waals surface area contributed by atoms with E-state index in [9.17, 15) is 26.4 Å². The zero-order chi connectivity index (χ0) is 24.9. The minimum atomic E-state index is -4.08. The highest BCUT2D eigenvalue weighted by Gasteiger charge is 2.26. The molecule has 0 heterocycles. The van der Waals surface area contributed by atoms with E-state index in [2.05, 4.69) is 0 Å². The number of hydrogen-bond acceptors (Lipinski definition) is 8. The van der Waals surface area contributed by atoms with E-state index < -0.39 is 44.4 Å². The Morgan fingerprint density at radius 1 is 0.676 bits per heavy atom. The topological polar surface area (TPSA) is 145 Å². The average molecular weight is 509 g/mol. The zero-order valence-corrected chi connectivity index (χ0v) is 20.1. The van der Waals surface area contributed by atoms with Crippen LogP contribution in [0.4, 0.5) is 9.59 Å². The lowest BCUT2D eigenvalue weighted by atomic mass is 10.0. The number of sulfonamides is 2. The fourth-order valence-electron chi connectivity index (χ4n) is 3.06. The Morgan fingerprint density at radius 2 is 1.00 bits per heavy atom. The summed E-state index contributed by atoms with van der Waals surface area (Å²) in [5, 5.41) is 0. The number of carbonyl (C=O) groups is 2. The summed E-state index contributed by atoms with van der Waals surface area (Å²) in [5.41, 5.74) is 1.74.